The van der Waals surface area contributed by atoms with Crippen LogP contribution in [0, 0.1) is 0 Å². The van der Waals surface area contributed by atoms with Crippen molar-refractivity contribution >= 4 is 18.4 Å². The van der Waals surface area contributed by atoms with Crippen LogP contribution in [0.15, 0.2) is 24.3 Å². The van der Waals surface area contributed by atoms with Gasteiger partial charge in [0, 0.05) is 0 Å². The predicted molar refractivity (Wildman–Crippen MR) is 63.7 cm³/mol. The second-order valence-corrected chi connectivity index (χ2v) is 3.23. The van der Waals surface area contributed by atoms with E-state index >= 15 is 0 Å². The molecule has 0 saturated carbocycles. The van der Waals surface area contributed by atoms with Crippen molar-refractivity contribution in [3.63, 3.8) is 0 Å². The number of phenolic OH excluding ortho intramolecular Hbond substituents is 1. The van der Waals surface area contributed by atoms with E-state index in [1.807, 2.05) is 0 Å². The average Bonchev–Trinajstić information content (AvgIpc) is 2.18. The van der Waals surface area contributed by atoms with Crippen molar-refractivity contribution in [1.82, 2.24) is 0 Å². The summed E-state index contributed by atoms with van der Waals surface area (Å²) in [6, 6.07) is 5.99. The first kappa shape index (κ1) is 14.7. The van der Waals surface area contributed by atoms with Gasteiger partial charge in [-0.15, -0.1) is 12.4 Å². The molecule has 1 aromatic carbocycles. The molecule has 0 aromatic heterocycles. The van der Waals surface area contributed by atoms with Crippen molar-refractivity contribution in [3.05, 3.63) is 29.8 Å². The van der Waals surface area contributed by atoms with E-state index in [9.17, 15) is 9.90 Å². The van der Waals surface area contributed by atoms with Crippen LogP contribution in [0.25, 0.3) is 0 Å². The highest BCUT2D eigenvalue weighted by molar-refractivity contribution is 5.85. The zero-order valence-corrected chi connectivity index (χ0v) is 9.87. The number of halogens is 1. The third-order valence-corrected chi connectivity index (χ3v) is 1.96. The van der Waals surface area contributed by atoms with Crippen LogP contribution in [-0.2, 0) is 16.0 Å². The molecule has 90 valence electrons. The van der Waals surface area contributed by atoms with Crippen molar-refractivity contribution in [3.8, 4) is 5.75 Å². The van der Waals surface area contributed by atoms with Gasteiger partial charge in [-0.1, -0.05) is 12.1 Å². The van der Waals surface area contributed by atoms with Crippen LogP contribution in [0.4, 0.5) is 0 Å². The molecule has 0 bridgehead atoms. The molecule has 1 atom stereocenters. The van der Waals surface area contributed by atoms with Gasteiger partial charge >= 0.3 is 5.97 Å². The van der Waals surface area contributed by atoms with E-state index < -0.39 is 12.0 Å². The highest BCUT2D eigenvalue weighted by atomic mass is 35.5. The van der Waals surface area contributed by atoms with Gasteiger partial charge in [-0.2, -0.15) is 0 Å². The molecule has 0 aliphatic heterocycles. The highest BCUT2D eigenvalue weighted by Crippen LogP contribution is 2.12. The van der Waals surface area contributed by atoms with Gasteiger partial charge in [0.25, 0.3) is 0 Å². The zero-order chi connectivity index (χ0) is 11.3. The van der Waals surface area contributed by atoms with Gasteiger partial charge in [0.2, 0.25) is 0 Å². The lowest BCUT2D eigenvalue weighted by molar-refractivity contribution is -0.144. The first-order valence-corrected chi connectivity index (χ1v) is 4.83. The molecule has 5 heteroatoms. The van der Waals surface area contributed by atoms with Crippen LogP contribution in [0.5, 0.6) is 5.75 Å². The summed E-state index contributed by atoms with van der Waals surface area (Å²) in [6.07, 6.45) is 0.368. The van der Waals surface area contributed by atoms with Gasteiger partial charge in [0.05, 0.1) is 6.61 Å². The Labute approximate surface area is 101 Å². The molecule has 4 nitrogen and oxygen atoms in total. The summed E-state index contributed by atoms with van der Waals surface area (Å²) in [5.41, 5.74) is 6.44. The number of hydrogen-bond donors (Lipinski definition) is 2. The summed E-state index contributed by atoms with van der Waals surface area (Å²) in [7, 11) is 0. The van der Waals surface area contributed by atoms with Crippen molar-refractivity contribution in [2.75, 3.05) is 6.61 Å². The maximum atomic E-state index is 11.2. The molecule has 0 aliphatic carbocycles. The van der Waals surface area contributed by atoms with Crippen molar-refractivity contribution in [2.45, 2.75) is 19.4 Å². The minimum Gasteiger partial charge on any atom is -0.508 e. The monoisotopic (exact) mass is 245 g/mol. The number of phenols is 1. The molecule has 0 spiro atoms. The Hall–Kier alpha value is -1.26. The average molecular weight is 246 g/mol. The van der Waals surface area contributed by atoms with E-state index in [1.54, 1.807) is 31.2 Å². The van der Waals surface area contributed by atoms with Crippen molar-refractivity contribution in [1.29, 1.82) is 0 Å². The van der Waals surface area contributed by atoms with E-state index in [0.717, 1.165) is 5.56 Å². The van der Waals surface area contributed by atoms with Crippen LogP contribution < -0.4 is 5.73 Å². The van der Waals surface area contributed by atoms with Gasteiger partial charge in [0.15, 0.2) is 0 Å². The Balaban J connectivity index is 0.00000225. The minimum absolute atomic E-state index is 0. The minimum atomic E-state index is -0.674. The third-order valence-electron chi connectivity index (χ3n) is 1.96. The largest absolute Gasteiger partial charge is 0.508 e. The Morgan fingerprint density at radius 3 is 2.81 bits per heavy atom. The lowest BCUT2D eigenvalue weighted by Gasteiger charge is -2.10. The molecule has 1 aromatic rings. The number of carbonyl (C=O) groups excluding carboxylic acids is 1. The van der Waals surface area contributed by atoms with Crippen LogP contribution in [0.1, 0.15) is 12.5 Å². The van der Waals surface area contributed by atoms with Gasteiger partial charge in [0.1, 0.15) is 11.8 Å². The van der Waals surface area contributed by atoms with Crippen LogP contribution >= 0.6 is 12.4 Å². The quantitative estimate of drug-likeness (QED) is 0.783. The van der Waals surface area contributed by atoms with E-state index in [0.29, 0.717) is 13.0 Å². The lowest BCUT2D eigenvalue weighted by atomic mass is 10.1. The molecule has 0 heterocycles. The standard InChI is InChI=1S/C11H15NO3.ClH/c1-2-15-11(14)10(12)7-8-4-3-5-9(13)6-8;/h3-6,10,13H,2,7,12H2,1H3;1H/t10-;/m0./s1. The van der Waals surface area contributed by atoms with Crippen molar-refractivity contribution < 1.29 is 14.6 Å². The summed E-state index contributed by atoms with van der Waals surface area (Å²) in [5.74, 6) is -0.246. The van der Waals surface area contributed by atoms with Crippen LogP contribution in [0.2, 0.25) is 0 Å². The van der Waals surface area contributed by atoms with E-state index in [-0.39, 0.29) is 18.2 Å². The zero-order valence-electron chi connectivity index (χ0n) is 9.05. The first-order chi connectivity index (χ1) is 7.13. The fraction of sp³-hybridized carbons (Fsp3) is 0.364. The molecule has 0 fully saturated rings. The summed E-state index contributed by atoms with van der Waals surface area (Å²) in [5, 5.41) is 9.21. The molecule has 0 amide bonds. The molecule has 0 unspecified atom stereocenters. The molecule has 0 aliphatic rings. The SMILES string of the molecule is CCOC(=O)[C@@H](N)Cc1cccc(O)c1.Cl. The number of nitrogens with two attached hydrogens (primary N) is 1. The molecular weight excluding hydrogens is 230 g/mol. The Morgan fingerprint density at radius 2 is 2.25 bits per heavy atom. The maximum Gasteiger partial charge on any atom is 0.323 e. The molecular formula is C11H16ClNO3. The number of ether oxygens (including phenoxy) is 1. The number of esters is 1. The Morgan fingerprint density at radius 1 is 1.56 bits per heavy atom. The lowest BCUT2D eigenvalue weighted by Crippen LogP contribution is -2.34. The predicted octanol–water partition coefficient (Wildman–Crippen LogP) is 1.25. The normalized spacial score (nSPS) is 11.4. The number of benzene rings is 1. The number of hydrogen-bond acceptors (Lipinski definition) is 4. The second-order valence-electron chi connectivity index (χ2n) is 3.23. The summed E-state index contributed by atoms with van der Waals surface area (Å²) in [6.45, 7) is 2.06. The third kappa shape index (κ3) is 4.51. The van der Waals surface area contributed by atoms with Gasteiger partial charge in [-0.3, -0.25) is 4.79 Å². The van der Waals surface area contributed by atoms with Gasteiger partial charge in [-0.25, -0.2) is 0 Å². The Bertz CT molecular complexity index is 344. The molecule has 0 radical (unpaired) electrons. The highest BCUT2D eigenvalue weighted by Gasteiger charge is 2.14. The van der Waals surface area contributed by atoms with Crippen LogP contribution in [-0.4, -0.2) is 23.7 Å². The van der Waals surface area contributed by atoms with E-state index in [2.05, 4.69) is 0 Å². The van der Waals surface area contributed by atoms with E-state index in [1.165, 1.54) is 0 Å². The summed E-state index contributed by atoms with van der Waals surface area (Å²) < 4.78 is 4.78. The Kier molecular flexibility index (Phi) is 6.53. The van der Waals surface area contributed by atoms with Gasteiger partial charge < -0.3 is 15.6 Å². The van der Waals surface area contributed by atoms with Crippen LogP contribution in [0.3, 0.4) is 0 Å². The fourth-order valence-electron chi connectivity index (χ4n) is 1.27. The number of carbonyl (C=O) groups is 1. The van der Waals surface area contributed by atoms with Crippen molar-refractivity contribution in [2.24, 2.45) is 5.73 Å². The van der Waals surface area contributed by atoms with Gasteiger partial charge in [-0.05, 0) is 31.0 Å². The molecule has 16 heavy (non-hydrogen) atoms. The summed E-state index contributed by atoms with van der Waals surface area (Å²) in [4.78, 5) is 11.2. The molecule has 3 N–H and O–H groups in total. The fourth-order valence-corrected chi connectivity index (χ4v) is 1.27. The first-order valence-electron chi connectivity index (χ1n) is 4.83. The maximum absolute atomic E-state index is 11.2. The molecule has 0 saturated heterocycles. The molecule has 1 rings (SSSR count). The second kappa shape index (κ2) is 7.09. The van der Waals surface area contributed by atoms with E-state index in [4.69, 9.17) is 10.5 Å². The number of aromatic hydroxyl groups is 1. The topological polar surface area (TPSA) is 72.5 Å². The summed E-state index contributed by atoms with van der Waals surface area (Å²) >= 11 is 0. The smallest absolute Gasteiger partial charge is 0.323 e. The number of rotatable bonds is 4.